The molecule has 0 spiro atoms. The second-order valence-corrected chi connectivity index (χ2v) is 10.6. The van der Waals surface area contributed by atoms with Crippen LogP contribution in [-0.2, 0) is 17.9 Å². The van der Waals surface area contributed by atoms with Crippen molar-refractivity contribution in [3.8, 4) is 11.5 Å². The Morgan fingerprint density at radius 1 is 1.07 bits per heavy atom. The summed E-state index contributed by atoms with van der Waals surface area (Å²) in [5, 5.41) is 19.8. The van der Waals surface area contributed by atoms with Crippen LogP contribution in [-0.4, -0.2) is 50.3 Å². The molecule has 1 aliphatic rings. The fourth-order valence-electron chi connectivity index (χ4n) is 5.12. The Hall–Kier alpha value is -4.96. The molecule has 1 amide bonds. The number of nitrogens with zero attached hydrogens (tertiary/aromatic N) is 6. The largest absolute Gasteiger partial charge is 0.493 e. The molecule has 11 heteroatoms. The maximum Gasteiger partial charge on any atom is 0.240 e. The minimum atomic E-state index is -0.142. The topological polar surface area (TPSA) is 107 Å². The van der Waals surface area contributed by atoms with Gasteiger partial charge < -0.3 is 14.8 Å². The first kappa shape index (κ1) is 28.2. The SMILES string of the molecule is COc1cc(C2=NN(C(C)=O)C(c3ccccc3)C2)ccc1OCc1cn(CCNc2ccnc3cc(Cl)ccc23)nn1. The molecule has 10 nitrogen and oxygen atoms in total. The van der Waals surface area contributed by atoms with E-state index < -0.39 is 0 Å². The summed E-state index contributed by atoms with van der Waals surface area (Å²) in [5.41, 5.74) is 5.24. The molecule has 0 bridgehead atoms. The summed E-state index contributed by atoms with van der Waals surface area (Å²) < 4.78 is 13.5. The molecule has 0 saturated heterocycles. The van der Waals surface area contributed by atoms with Crippen molar-refractivity contribution in [1.29, 1.82) is 0 Å². The highest BCUT2D eigenvalue weighted by atomic mass is 35.5. The fourth-order valence-corrected chi connectivity index (χ4v) is 5.29. The number of hydrazone groups is 1. The molecular formula is C32H30ClN7O3. The van der Waals surface area contributed by atoms with Crippen LogP contribution in [0.2, 0.25) is 5.02 Å². The lowest BCUT2D eigenvalue weighted by Gasteiger charge is -2.20. The Labute approximate surface area is 253 Å². The maximum atomic E-state index is 12.3. The van der Waals surface area contributed by atoms with E-state index in [4.69, 9.17) is 21.1 Å². The lowest BCUT2D eigenvalue weighted by atomic mass is 9.98. The number of carbonyl (C=O) groups is 1. The molecular weight excluding hydrogens is 566 g/mol. The fraction of sp³-hybridized carbons (Fsp3) is 0.219. The van der Waals surface area contributed by atoms with Gasteiger partial charge in [-0.1, -0.05) is 47.1 Å². The first-order valence-electron chi connectivity index (χ1n) is 13.9. The smallest absolute Gasteiger partial charge is 0.240 e. The zero-order valence-corrected chi connectivity index (χ0v) is 24.5. The van der Waals surface area contributed by atoms with Crippen molar-refractivity contribution in [1.82, 2.24) is 25.0 Å². The van der Waals surface area contributed by atoms with Crippen LogP contribution in [0.5, 0.6) is 11.5 Å². The summed E-state index contributed by atoms with van der Waals surface area (Å²) in [6.45, 7) is 3.03. The van der Waals surface area contributed by atoms with E-state index in [1.807, 2.05) is 79.0 Å². The van der Waals surface area contributed by atoms with Crippen molar-refractivity contribution < 1.29 is 14.3 Å². The van der Waals surface area contributed by atoms with Gasteiger partial charge in [0.2, 0.25) is 5.91 Å². The zero-order chi connectivity index (χ0) is 29.8. The number of hydrogen-bond donors (Lipinski definition) is 1. The summed E-state index contributed by atoms with van der Waals surface area (Å²) in [6.07, 6.45) is 4.23. The minimum absolute atomic E-state index is 0.101. The van der Waals surface area contributed by atoms with E-state index in [1.165, 1.54) is 6.92 Å². The first-order valence-corrected chi connectivity index (χ1v) is 14.3. The third-order valence-corrected chi connectivity index (χ3v) is 7.47. The summed E-state index contributed by atoms with van der Waals surface area (Å²) >= 11 is 6.10. The van der Waals surface area contributed by atoms with E-state index in [0.717, 1.165) is 33.4 Å². The number of methoxy groups -OCH3 is 1. The Kier molecular flexibility index (Phi) is 8.19. The summed E-state index contributed by atoms with van der Waals surface area (Å²) in [6, 6.07) is 23.1. The highest BCUT2D eigenvalue weighted by Crippen LogP contribution is 2.35. The highest BCUT2D eigenvalue weighted by Gasteiger charge is 2.31. The monoisotopic (exact) mass is 595 g/mol. The lowest BCUT2D eigenvalue weighted by Crippen LogP contribution is -2.24. The Morgan fingerprint density at radius 3 is 2.74 bits per heavy atom. The molecule has 218 valence electrons. The quantitative estimate of drug-likeness (QED) is 0.215. The Morgan fingerprint density at radius 2 is 1.93 bits per heavy atom. The number of hydrogen-bond acceptors (Lipinski definition) is 8. The second kappa shape index (κ2) is 12.5. The van der Waals surface area contributed by atoms with E-state index in [0.29, 0.717) is 41.7 Å². The molecule has 0 aliphatic carbocycles. The lowest BCUT2D eigenvalue weighted by molar-refractivity contribution is -0.130. The first-order chi connectivity index (χ1) is 21.0. The molecule has 0 radical (unpaired) electrons. The number of halogens is 1. The van der Waals surface area contributed by atoms with Crippen molar-refractivity contribution >= 4 is 39.8 Å². The van der Waals surface area contributed by atoms with Gasteiger partial charge in [-0.25, -0.2) is 5.01 Å². The maximum absolute atomic E-state index is 12.3. The molecule has 1 atom stereocenters. The number of aromatic nitrogens is 4. The average molecular weight is 596 g/mol. The van der Waals surface area contributed by atoms with Crippen LogP contribution in [0.4, 0.5) is 5.69 Å². The normalized spacial score (nSPS) is 14.5. The molecule has 2 aromatic heterocycles. The van der Waals surface area contributed by atoms with E-state index in [1.54, 1.807) is 23.0 Å². The molecule has 43 heavy (non-hydrogen) atoms. The van der Waals surface area contributed by atoms with Crippen LogP contribution >= 0.6 is 11.6 Å². The number of carbonyl (C=O) groups excluding carboxylic acids is 1. The van der Waals surface area contributed by atoms with Gasteiger partial charge >= 0.3 is 0 Å². The van der Waals surface area contributed by atoms with Gasteiger partial charge in [0.1, 0.15) is 12.3 Å². The van der Waals surface area contributed by atoms with Crippen molar-refractivity contribution in [3.05, 3.63) is 107 Å². The molecule has 6 rings (SSSR count). The summed E-state index contributed by atoms with van der Waals surface area (Å²) in [4.78, 5) is 16.7. The van der Waals surface area contributed by atoms with Gasteiger partial charge in [0.25, 0.3) is 0 Å². The average Bonchev–Trinajstić information content (AvgIpc) is 3.68. The van der Waals surface area contributed by atoms with Gasteiger partial charge in [-0.05, 0) is 48.0 Å². The number of rotatable bonds is 10. The van der Waals surface area contributed by atoms with Crippen molar-refractivity contribution in [2.24, 2.45) is 5.10 Å². The van der Waals surface area contributed by atoms with Gasteiger partial charge in [-0.15, -0.1) is 5.10 Å². The molecule has 5 aromatic rings. The zero-order valence-electron chi connectivity index (χ0n) is 23.8. The standard InChI is InChI=1S/C32H30ClN7O3/c1-21(41)40-30(22-6-4-3-5-7-22)18-28(37-40)23-8-11-31(32(16-23)42-2)43-20-25-19-39(38-36-25)15-14-35-27-12-13-34-29-17-24(33)9-10-26(27)29/h3-13,16-17,19,30H,14-15,18,20H2,1-2H3,(H,34,35). The van der Waals surface area contributed by atoms with E-state index in [9.17, 15) is 4.79 Å². The molecule has 0 fully saturated rings. The van der Waals surface area contributed by atoms with Crippen LogP contribution in [0.1, 0.15) is 36.2 Å². The summed E-state index contributed by atoms with van der Waals surface area (Å²) in [5.74, 6) is 1.05. The van der Waals surface area contributed by atoms with Crippen LogP contribution < -0.4 is 14.8 Å². The highest BCUT2D eigenvalue weighted by molar-refractivity contribution is 6.31. The number of ether oxygens (including phenoxy) is 2. The molecule has 3 aromatic carbocycles. The van der Waals surface area contributed by atoms with E-state index >= 15 is 0 Å². The minimum Gasteiger partial charge on any atom is -0.493 e. The van der Waals surface area contributed by atoms with E-state index in [-0.39, 0.29) is 18.6 Å². The van der Waals surface area contributed by atoms with Gasteiger partial charge in [-0.2, -0.15) is 5.10 Å². The number of benzene rings is 3. The van der Waals surface area contributed by atoms with Gasteiger partial charge in [0.05, 0.1) is 37.1 Å². The van der Waals surface area contributed by atoms with Crippen molar-refractivity contribution in [2.45, 2.75) is 32.5 Å². The third kappa shape index (κ3) is 6.29. The molecule has 1 unspecified atom stereocenters. The number of nitrogens with one attached hydrogen (secondary N) is 1. The van der Waals surface area contributed by atoms with Gasteiger partial charge in [-0.3, -0.25) is 14.5 Å². The van der Waals surface area contributed by atoms with Crippen molar-refractivity contribution in [3.63, 3.8) is 0 Å². The summed E-state index contributed by atoms with van der Waals surface area (Å²) in [7, 11) is 1.60. The van der Waals surface area contributed by atoms with Crippen LogP contribution in [0.3, 0.4) is 0 Å². The Bertz CT molecular complexity index is 1790. The number of pyridine rings is 1. The molecule has 0 saturated carbocycles. The predicted molar refractivity (Wildman–Crippen MR) is 165 cm³/mol. The van der Waals surface area contributed by atoms with Gasteiger partial charge in [0, 0.05) is 47.7 Å². The van der Waals surface area contributed by atoms with Crippen LogP contribution in [0, 0.1) is 0 Å². The Balaban J connectivity index is 1.07. The predicted octanol–water partition coefficient (Wildman–Crippen LogP) is 5.88. The second-order valence-electron chi connectivity index (χ2n) is 10.1. The van der Waals surface area contributed by atoms with Crippen LogP contribution in [0.25, 0.3) is 10.9 Å². The van der Waals surface area contributed by atoms with E-state index in [2.05, 4.69) is 25.7 Å². The number of fused-ring (bicyclic) bond motifs is 1. The molecule has 3 heterocycles. The molecule has 1 aliphatic heterocycles. The van der Waals surface area contributed by atoms with Gasteiger partial charge in [0.15, 0.2) is 11.5 Å². The third-order valence-electron chi connectivity index (χ3n) is 7.24. The van der Waals surface area contributed by atoms with Crippen LogP contribution in [0.15, 0.2) is 90.3 Å². The van der Waals surface area contributed by atoms with Crippen molar-refractivity contribution in [2.75, 3.05) is 19.0 Å². The number of amides is 1. The molecule has 1 N–H and O–H groups in total. The number of anilines is 1.